The summed E-state index contributed by atoms with van der Waals surface area (Å²) in [5, 5.41) is 3.74. The zero-order chi connectivity index (χ0) is 26.8. The van der Waals surface area contributed by atoms with Crippen molar-refractivity contribution in [3.63, 3.8) is 0 Å². The zero-order valence-electron chi connectivity index (χ0n) is 20.9. The van der Waals surface area contributed by atoms with E-state index in [9.17, 15) is 9.18 Å². The summed E-state index contributed by atoms with van der Waals surface area (Å²) in [6.45, 7) is 3.87. The average molecular weight is 514 g/mol. The summed E-state index contributed by atoms with van der Waals surface area (Å²) in [5.74, 6) is 0.113. The Bertz CT molecular complexity index is 1800. The molecule has 0 fully saturated rings. The summed E-state index contributed by atoms with van der Waals surface area (Å²) in [6.07, 6.45) is 3.01. The van der Waals surface area contributed by atoms with E-state index in [0.717, 1.165) is 50.2 Å². The first-order valence-electron chi connectivity index (χ1n) is 12.5. The summed E-state index contributed by atoms with van der Waals surface area (Å²) >= 11 is 0. The second-order valence-corrected chi connectivity index (χ2v) is 9.11. The Morgan fingerprint density at radius 3 is 2.49 bits per heavy atom. The minimum atomic E-state index is -0.310. The molecule has 0 atom stereocenters. The largest absolute Gasteiger partial charge is 0.348 e. The maximum absolute atomic E-state index is 13.8. The van der Waals surface area contributed by atoms with Gasteiger partial charge < -0.3 is 15.3 Å². The van der Waals surface area contributed by atoms with Crippen LogP contribution >= 0.6 is 0 Å². The number of H-pyrrole nitrogens is 2. The number of halogens is 1. The molecule has 3 N–H and O–H groups in total. The number of rotatable bonds is 7. The molecular weight excluding hydrogens is 489 g/mol. The molecule has 0 saturated heterocycles. The number of nitrogens with zero attached hydrogens (tertiary/aromatic N) is 2. The molecule has 6 nitrogen and oxygen atoms in total. The SMILES string of the molecule is C=CC(=O)NCc1cccc(-c2nc(-c3ccc(F)cc3)c(-c3ccnc4[nH]c(-c5ccccc5)cc34)[nH]2)c1. The summed E-state index contributed by atoms with van der Waals surface area (Å²) in [5.41, 5.74) is 7.77. The van der Waals surface area contributed by atoms with Gasteiger partial charge in [0.2, 0.25) is 5.91 Å². The molecule has 3 aromatic carbocycles. The second-order valence-electron chi connectivity index (χ2n) is 9.11. The van der Waals surface area contributed by atoms with Gasteiger partial charge in [-0.25, -0.2) is 14.4 Å². The molecule has 190 valence electrons. The van der Waals surface area contributed by atoms with Crippen LogP contribution in [0.5, 0.6) is 0 Å². The van der Waals surface area contributed by atoms with Crippen LogP contribution in [-0.2, 0) is 11.3 Å². The monoisotopic (exact) mass is 513 g/mol. The molecule has 0 saturated carbocycles. The molecule has 6 rings (SSSR count). The van der Waals surface area contributed by atoms with Gasteiger partial charge >= 0.3 is 0 Å². The first-order chi connectivity index (χ1) is 19.1. The van der Waals surface area contributed by atoms with Gasteiger partial charge in [-0.2, -0.15) is 0 Å². The summed E-state index contributed by atoms with van der Waals surface area (Å²) < 4.78 is 13.8. The van der Waals surface area contributed by atoms with Crippen molar-refractivity contribution in [3.05, 3.63) is 121 Å². The number of carbonyl (C=O) groups is 1. The molecule has 7 heteroatoms. The Hall–Kier alpha value is -5.30. The minimum absolute atomic E-state index is 0.234. The predicted octanol–water partition coefficient (Wildman–Crippen LogP) is 6.90. The maximum Gasteiger partial charge on any atom is 0.243 e. The number of pyridine rings is 1. The van der Waals surface area contributed by atoms with Crippen LogP contribution in [0.2, 0.25) is 0 Å². The van der Waals surface area contributed by atoms with E-state index in [1.165, 1.54) is 18.2 Å². The third kappa shape index (κ3) is 4.85. The third-order valence-corrected chi connectivity index (χ3v) is 6.56. The lowest BCUT2D eigenvalue weighted by Gasteiger charge is -2.05. The van der Waals surface area contributed by atoms with Crippen molar-refractivity contribution >= 4 is 16.9 Å². The Labute approximate surface area is 224 Å². The standard InChI is InChI=1S/C32H24FN5O/c1-2-28(39)35-19-20-7-6-10-23(17-20)31-37-29(22-11-13-24(33)14-12-22)30(38-31)25-15-16-34-32-26(25)18-27(36-32)21-8-4-3-5-9-21/h2-18H,1,19H2,(H,34,36)(H,35,39)(H,37,38). The van der Waals surface area contributed by atoms with Crippen molar-refractivity contribution in [2.75, 3.05) is 0 Å². The van der Waals surface area contributed by atoms with Crippen LogP contribution in [0.25, 0.3) is 56.2 Å². The highest BCUT2D eigenvalue weighted by atomic mass is 19.1. The second kappa shape index (κ2) is 10.2. The molecule has 6 aromatic rings. The summed E-state index contributed by atoms with van der Waals surface area (Å²) in [7, 11) is 0. The first-order valence-corrected chi connectivity index (χ1v) is 12.5. The maximum atomic E-state index is 13.8. The highest BCUT2D eigenvalue weighted by Crippen LogP contribution is 2.37. The minimum Gasteiger partial charge on any atom is -0.348 e. The fraction of sp³-hybridized carbons (Fsp3) is 0.0312. The van der Waals surface area contributed by atoms with E-state index in [-0.39, 0.29) is 11.7 Å². The number of hydrogen-bond acceptors (Lipinski definition) is 3. The van der Waals surface area contributed by atoms with Crippen molar-refractivity contribution in [2.45, 2.75) is 6.54 Å². The molecule has 3 heterocycles. The number of aromatic amines is 2. The number of aromatic nitrogens is 4. The molecule has 1 amide bonds. The van der Waals surface area contributed by atoms with Gasteiger partial charge in [0.25, 0.3) is 0 Å². The zero-order valence-corrected chi connectivity index (χ0v) is 20.9. The quantitative estimate of drug-likeness (QED) is 0.203. The topological polar surface area (TPSA) is 86.5 Å². The Balaban J connectivity index is 1.48. The van der Waals surface area contributed by atoms with E-state index >= 15 is 0 Å². The average Bonchev–Trinajstić information content (AvgIpc) is 3.62. The number of fused-ring (bicyclic) bond motifs is 1. The van der Waals surface area contributed by atoms with E-state index in [4.69, 9.17) is 4.98 Å². The smallest absolute Gasteiger partial charge is 0.243 e. The van der Waals surface area contributed by atoms with Crippen LogP contribution in [0.15, 0.2) is 110 Å². The van der Waals surface area contributed by atoms with E-state index in [1.54, 1.807) is 18.3 Å². The lowest BCUT2D eigenvalue weighted by Crippen LogP contribution is -2.19. The van der Waals surface area contributed by atoms with Crippen LogP contribution in [0, 0.1) is 5.82 Å². The van der Waals surface area contributed by atoms with Gasteiger partial charge in [-0.05, 0) is 59.7 Å². The van der Waals surface area contributed by atoms with Gasteiger partial charge in [0, 0.05) is 40.5 Å². The Morgan fingerprint density at radius 1 is 0.897 bits per heavy atom. The van der Waals surface area contributed by atoms with Gasteiger partial charge in [-0.3, -0.25) is 4.79 Å². The molecule has 0 aliphatic rings. The van der Waals surface area contributed by atoms with E-state index in [1.807, 2.05) is 60.7 Å². The van der Waals surface area contributed by atoms with Crippen molar-refractivity contribution in [3.8, 4) is 45.2 Å². The number of amides is 1. The third-order valence-electron chi connectivity index (χ3n) is 6.56. The normalized spacial score (nSPS) is 11.0. The van der Waals surface area contributed by atoms with Crippen LogP contribution < -0.4 is 5.32 Å². The summed E-state index contributed by atoms with van der Waals surface area (Å²) in [4.78, 5) is 28.1. The van der Waals surface area contributed by atoms with Gasteiger partial charge in [-0.15, -0.1) is 0 Å². The van der Waals surface area contributed by atoms with Gasteiger partial charge in [0.15, 0.2) is 0 Å². The van der Waals surface area contributed by atoms with E-state index in [0.29, 0.717) is 18.1 Å². The molecule has 39 heavy (non-hydrogen) atoms. The first kappa shape index (κ1) is 24.1. The molecule has 0 aliphatic carbocycles. The van der Waals surface area contributed by atoms with Gasteiger partial charge in [-0.1, -0.05) is 55.1 Å². The summed E-state index contributed by atoms with van der Waals surface area (Å²) in [6, 6.07) is 28.2. The van der Waals surface area contributed by atoms with Gasteiger partial charge in [0.05, 0.1) is 11.4 Å². The highest BCUT2D eigenvalue weighted by Gasteiger charge is 2.19. The van der Waals surface area contributed by atoms with Crippen molar-refractivity contribution in [1.82, 2.24) is 25.3 Å². The van der Waals surface area contributed by atoms with Crippen molar-refractivity contribution in [2.24, 2.45) is 0 Å². The lowest BCUT2D eigenvalue weighted by atomic mass is 10.0. The number of hydrogen-bond donors (Lipinski definition) is 3. The molecule has 0 radical (unpaired) electrons. The van der Waals surface area contributed by atoms with Crippen LogP contribution in [-0.4, -0.2) is 25.8 Å². The van der Waals surface area contributed by atoms with E-state index in [2.05, 4.69) is 32.9 Å². The molecule has 0 bridgehead atoms. The lowest BCUT2D eigenvalue weighted by molar-refractivity contribution is -0.116. The number of nitrogens with one attached hydrogen (secondary N) is 3. The molecular formula is C32H24FN5O. The highest BCUT2D eigenvalue weighted by molar-refractivity contribution is 5.98. The van der Waals surface area contributed by atoms with Crippen LogP contribution in [0.4, 0.5) is 4.39 Å². The Kier molecular flexibility index (Phi) is 6.31. The molecule has 3 aromatic heterocycles. The molecule has 0 unspecified atom stereocenters. The number of carbonyl (C=O) groups excluding carboxylic acids is 1. The van der Waals surface area contributed by atoms with Crippen molar-refractivity contribution < 1.29 is 9.18 Å². The van der Waals surface area contributed by atoms with Crippen LogP contribution in [0.1, 0.15) is 5.56 Å². The molecule has 0 spiro atoms. The predicted molar refractivity (Wildman–Crippen MR) is 152 cm³/mol. The van der Waals surface area contributed by atoms with Gasteiger partial charge in [0.1, 0.15) is 17.3 Å². The molecule has 0 aliphatic heterocycles. The van der Waals surface area contributed by atoms with Crippen molar-refractivity contribution in [1.29, 1.82) is 0 Å². The van der Waals surface area contributed by atoms with Crippen LogP contribution in [0.3, 0.4) is 0 Å². The van der Waals surface area contributed by atoms with E-state index < -0.39 is 0 Å². The number of imidazole rings is 1. The fourth-order valence-corrected chi connectivity index (χ4v) is 4.63. The number of benzene rings is 3. The fourth-order valence-electron chi connectivity index (χ4n) is 4.63. The Morgan fingerprint density at radius 2 is 1.69 bits per heavy atom.